The van der Waals surface area contributed by atoms with Crippen LogP contribution >= 0.6 is 15.9 Å². The Morgan fingerprint density at radius 1 is 1.53 bits per heavy atom. The normalized spacial score (nSPS) is 9.76. The van der Waals surface area contributed by atoms with Crippen molar-refractivity contribution in [3.8, 4) is 6.07 Å². The number of hydrogen-bond donors (Lipinski definition) is 1. The largest absolute Gasteiger partial charge is 0.466 e. The highest BCUT2D eigenvalue weighted by atomic mass is 79.9. The molecule has 1 aromatic carbocycles. The van der Waals surface area contributed by atoms with Crippen LogP contribution in [0, 0.1) is 11.3 Å². The fraction of sp³-hybridized carbons (Fsp3) is 0.333. The number of benzene rings is 1. The lowest BCUT2D eigenvalue weighted by Gasteiger charge is -2.11. The second-order valence-corrected chi connectivity index (χ2v) is 4.20. The van der Waals surface area contributed by atoms with Gasteiger partial charge in [-0.3, -0.25) is 4.79 Å². The summed E-state index contributed by atoms with van der Waals surface area (Å²) in [5.74, 6) is -0.350. The molecule has 0 aliphatic rings. The molecule has 0 aromatic heterocycles. The highest BCUT2D eigenvalue weighted by Crippen LogP contribution is 2.24. The molecule has 0 amide bonds. The molecule has 0 fully saturated rings. The van der Waals surface area contributed by atoms with Gasteiger partial charge < -0.3 is 10.5 Å². The Morgan fingerprint density at radius 3 is 2.76 bits per heavy atom. The molecule has 17 heavy (non-hydrogen) atoms. The van der Waals surface area contributed by atoms with Crippen LogP contribution < -0.4 is 5.73 Å². The first-order chi connectivity index (χ1) is 8.13. The van der Waals surface area contributed by atoms with Gasteiger partial charge in [0, 0.05) is 11.0 Å². The summed E-state index contributed by atoms with van der Waals surface area (Å²) in [6.07, 6.45) is 0.0721. The van der Waals surface area contributed by atoms with E-state index in [1.165, 1.54) is 0 Å². The van der Waals surface area contributed by atoms with Gasteiger partial charge in [0.15, 0.2) is 0 Å². The number of halogens is 1. The van der Waals surface area contributed by atoms with E-state index in [1.807, 2.05) is 0 Å². The average molecular weight is 297 g/mol. The van der Waals surface area contributed by atoms with Crippen LogP contribution in [0.25, 0.3) is 0 Å². The molecule has 0 atom stereocenters. The summed E-state index contributed by atoms with van der Waals surface area (Å²) in [5, 5.41) is 9.01. The first-order valence-corrected chi connectivity index (χ1v) is 5.99. The summed E-state index contributed by atoms with van der Waals surface area (Å²) in [5.41, 5.74) is 7.51. The zero-order chi connectivity index (χ0) is 12.8. The third-order valence-electron chi connectivity index (χ3n) is 2.33. The van der Waals surface area contributed by atoms with Crippen molar-refractivity contribution < 1.29 is 9.53 Å². The standard InChI is InChI=1S/C12H13BrN2O2/c1-2-17-12(16)5-9-8(6-14)3-4-11(13)10(9)7-15/h3-4H,2,5,7,15H2,1H3. The number of carbonyl (C=O) groups excluding carboxylic acids is 1. The Morgan fingerprint density at radius 2 is 2.24 bits per heavy atom. The van der Waals surface area contributed by atoms with Crippen LogP contribution in [0.5, 0.6) is 0 Å². The lowest BCUT2D eigenvalue weighted by molar-refractivity contribution is -0.142. The van der Waals surface area contributed by atoms with Crippen LogP contribution in [0.4, 0.5) is 0 Å². The Kier molecular flexibility index (Phi) is 5.13. The maximum atomic E-state index is 11.5. The Balaban J connectivity index is 3.15. The van der Waals surface area contributed by atoms with Crippen molar-refractivity contribution in [1.82, 2.24) is 0 Å². The first kappa shape index (κ1) is 13.7. The topological polar surface area (TPSA) is 76.1 Å². The Bertz CT molecular complexity index is 466. The molecule has 0 radical (unpaired) electrons. The molecule has 2 N–H and O–H groups in total. The zero-order valence-electron chi connectivity index (χ0n) is 9.50. The quantitative estimate of drug-likeness (QED) is 0.861. The van der Waals surface area contributed by atoms with Crippen LogP contribution in [-0.4, -0.2) is 12.6 Å². The summed E-state index contributed by atoms with van der Waals surface area (Å²) >= 11 is 3.36. The van der Waals surface area contributed by atoms with Crippen molar-refractivity contribution in [2.45, 2.75) is 19.9 Å². The van der Waals surface area contributed by atoms with Gasteiger partial charge in [0.05, 0.1) is 24.7 Å². The van der Waals surface area contributed by atoms with Crippen LogP contribution in [-0.2, 0) is 22.5 Å². The number of carbonyl (C=O) groups is 1. The van der Waals surface area contributed by atoms with Crippen molar-refractivity contribution in [2.24, 2.45) is 5.73 Å². The summed E-state index contributed by atoms with van der Waals surface area (Å²) < 4.78 is 5.68. The monoisotopic (exact) mass is 296 g/mol. The van der Waals surface area contributed by atoms with Gasteiger partial charge in [0.1, 0.15) is 0 Å². The fourth-order valence-corrected chi connectivity index (χ4v) is 2.08. The summed E-state index contributed by atoms with van der Waals surface area (Å²) in [4.78, 5) is 11.5. The number of esters is 1. The molecule has 1 rings (SSSR count). The van der Waals surface area contributed by atoms with Crippen LogP contribution in [0.15, 0.2) is 16.6 Å². The maximum Gasteiger partial charge on any atom is 0.310 e. The minimum atomic E-state index is -0.350. The van der Waals surface area contributed by atoms with Crippen LogP contribution in [0.1, 0.15) is 23.6 Å². The lowest BCUT2D eigenvalue weighted by atomic mass is 9.99. The molecule has 0 heterocycles. The number of nitrogens with two attached hydrogens (primary N) is 1. The van der Waals surface area contributed by atoms with Crippen LogP contribution in [0.3, 0.4) is 0 Å². The SMILES string of the molecule is CCOC(=O)Cc1c(C#N)ccc(Br)c1CN. The molecule has 0 aliphatic heterocycles. The van der Waals surface area contributed by atoms with Gasteiger partial charge in [-0.2, -0.15) is 5.26 Å². The van der Waals surface area contributed by atoms with Gasteiger partial charge in [-0.15, -0.1) is 0 Å². The smallest absolute Gasteiger partial charge is 0.310 e. The average Bonchev–Trinajstić information content (AvgIpc) is 2.30. The van der Waals surface area contributed by atoms with Gasteiger partial charge in [-0.05, 0) is 30.2 Å². The van der Waals surface area contributed by atoms with Crippen LogP contribution in [0.2, 0.25) is 0 Å². The molecule has 4 nitrogen and oxygen atoms in total. The van der Waals surface area contributed by atoms with Crippen molar-refractivity contribution in [3.05, 3.63) is 33.3 Å². The number of ether oxygens (including phenoxy) is 1. The molecule has 0 saturated carbocycles. The number of rotatable bonds is 4. The van der Waals surface area contributed by atoms with Gasteiger partial charge in [0.25, 0.3) is 0 Å². The molecule has 5 heteroatoms. The summed E-state index contributed by atoms with van der Waals surface area (Å²) in [6.45, 7) is 2.34. The number of nitrogens with zero attached hydrogens (tertiary/aromatic N) is 1. The maximum absolute atomic E-state index is 11.5. The van der Waals surface area contributed by atoms with E-state index < -0.39 is 0 Å². The van der Waals surface area contributed by atoms with Crippen molar-refractivity contribution >= 4 is 21.9 Å². The number of nitriles is 1. The van der Waals surface area contributed by atoms with E-state index in [0.717, 1.165) is 10.0 Å². The second kappa shape index (κ2) is 6.38. The van der Waals surface area contributed by atoms with Gasteiger partial charge in [-0.1, -0.05) is 15.9 Å². The molecule has 0 unspecified atom stereocenters. The van der Waals surface area contributed by atoms with E-state index in [-0.39, 0.29) is 18.9 Å². The molecule has 0 bridgehead atoms. The molecule has 0 spiro atoms. The van der Waals surface area contributed by atoms with Crippen molar-refractivity contribution in [3.63, 3.8) is 0 Å². The molecular formula is C12H13BrN2O2. The zero-order valence-corrected chi connectivity index (χ0v) is 11.1. The van der Waals surface area contributed by atoms with E-state index in [0.29, 0.717) is 17.7 Å². The van der Waals surface area contributed by atoms with E-state index in [2.05, 4.69) is 22.0 Å². The fourth-order valence-electron chi connectivity index (χ4n) is 1.55. The van der Waals surface area contributed by atoms with Gasteiger partial charge >= 0.3 is 5.97 Å². The molecule has 90 valence electrons. The van der Waals surface area contributed by atoms with E-state index in [4.69, 9.17) is 15.7 Å². The summed E-state index contributed by atoms with van der Waals surface area (Å²) in [7, 11) is 0. The van der Waals surface area contributed by atoms with E-state index in [9.17, 15) is 4.79 Å². The second-order valence-electron chi connectivity index (χ2n) is 3.35. The molecule has 0 saturated heterocycles. The van der Waals surface area contributed by atoms with Gasteiger partial charge in [-0.25, -0.2) is 0 Å². The van der Waals surface area contributed by atoms with E-state index >= 15 is 0 Å². The van der Waals surface area contributed by atoms with Crippen molar-refractivity contribution in [2.75, 3.05) is 6.61 Å². The number of hydrogen-bond acceptors (Lipinski definition) is 4. The van der Waals surface area contributed by atoms with Crippen molar-refractivity contribution in [1.29, 1.82) is 5.26 Å². The van der Waals surface area contributed by atoms with Gasteiger partial charge in [0.2, 0.25) is 0 Å². The summed E-state index contributed by atoms with van der Waals surface area (Å²) in [6, 6.07) is 5.48. The highest BCUT2D eigenvalue weighted by molar-refractivity contribution is 9.10. The Hall–Kier alpha value is -1.38. The van der Waals surface area contributed by atoms with E-state index in [1.54, 1.807) is 19.1 Å². The predicted octanol–water partition coefficient (Wildman–Crippen LogP) is 1.89. The third-order valence-corrected chi connectivity index (χ3v) is 3.07. The molecular weight excluding hydrogens is 284 g/mol. The Labute approximate surface area is 108 Å². The highest BCUT2D eigenvalue weighted by Gasteiger charge is 2.15. The molecule has 0 aliphatic carbocycles. The first-order valence-electron chi connectivity index (χ1n) is 5.20. The minimum absolute atomic E-state index is 0.0721. The third kappa shape index (κ3) is 3.29. The minimum Gasteiger partial charge on any atom is -0.466 e. The lowest BCUT2D eigenvalue weighted by Crippen LogP contribution is -2.13. The molecule has 1 aromatic rings. The predicted molar refractivity (Wildman–Crippen MR) is 67.1 cm³/mol.